The van der Waals surface area contributed by atoms with Crippen LogP contribution >= 0.6 is 11.6 Å². The van der Waals surface area contributed by atoms with Crippen LogP contribution < -0.4 is 15.4 Å². The summed E-state index contributed by atoms with van der Waals surface area (Å²) in [4.78, 5) is 22.2. The minimum absolute atomic E-state index is 0.259. The van der Waals surface area contributed by atoms with Crippen LogP contribution in [0.1, 0.15) is 0 Å². The van der Waals surface area contributed by atoms with E-state index in [0.717, 1.165) is 10.6 Å². The van der Waals surface area contributed by atoms with Crippen molar-refractivity contribution in [3.63, 3.8) is 0 Å². The monoisotopic (exact) mass is 319 g/mol. The zero-order valence-corrected chi connectivity index (χ0v) is 12.2. The molecule has 1 rings (SSSR count). The van der Waals surface area contributed by atoms with Gasteiger partial charge in [0, 0.05) is 5.02 Å². The van der Waals surface area contributed by atoms with E-state index in [9.17, 15) is 18.0 Å². The Kier molecular flexibility index (Phi) is 5.34. The topological polar surface area (TPSA) is 110 Å². The molecule has 0 spiro atoms. The Hall–Kier alpha value is -1.80. The first-order valence-corrected chi connectivity index (χ1v) is 7.71. The first-order chi connectivity index (χ1) is 9.20. The molecule has 2 amide bonds. The summed E-state index contributed by atoms with van der Waals surface area (Å²) < 4.78 is 24.3. The van der Waals surface area contributed by atoms with Gasteiger partial charge in [-0.05, 0) is 18.2 Å². The van der Waals surface area contributed by atoms with Gasteiger partial charge in [-0.2, -0.15) is 0 Å². The summed E-state index contributed by atoms with van der Waals surface area (Å²) in [5.41, 5.74) is 5.14. The van der Waals surface area contributed by atoms with Crippen molar-refractivity contribution in [2.45, 2.75) is 0 Å². The second kappa shape index (κ2) is 6.58. The van der Waals surface area contributed by atoms with Crippen molar-refractivity contribution in [1.82, 2.24) is 5.32 Å². The highest BCUT2D eigenvalue weighted by molar-refractivity contribution is 7.92. The summed E-state index contributed by atoms with van der Waals surface area (Å²) in [6.07, 6.45) is 0.968. The van der Waals surface area contributed by atoms with Gasteiger partial charge in [-0.1, -0.05) is 17.7 Å². The van der Waals surface area contributed by atoms with Gasteiger partial charge in [-0.3, -0.25) is 13.9 Å². The maximum Gasteiger partial charge on any atom is 0.241 e. The third kappa shape index (κ3) is 5.06. The molecule has 0 atom stereocenters. The van der Waals surface area contributed by atoms with Crippen molar-refractivity contribution in [2.75, 3.05) is 23.7 Å². The number of hydrogen-bond donors (Lipinski definition) is 2. The summed E-state index contributed by atoms with van der Waals surface area (Å²) in [6, 6.07) is 6.08. The molecule has 0 unspecified atom stereocenters. The van der Waals surface area contributed by atoms with E-state index in [2.05, 4.69) is 5.32 Å². The standard InChI is InChI=1S/C11H14ClN3O4S/c1-20(18,19)15(7-11(17)14-6-10(13)16)9-4-2-3-8(12)5-9/h2-5H,6-7H2,1H3,(H2,13,16)(H,14,17). The average molecular weight is 320 g/mol. The number of carbonyl (C=O) groups excluding carboxylic acids is 2. The number of halogens is 1. The molecule has 0 heterocycles. The van der Waals surface area contributed by atoms with Gasteiger partial charge < -0.3 is 11.1 Å². The SMILES string of the molecule is CS(=O)(=O)N(CC(=O)NCC(N)=O)c1cccc(Cl)c1. The smallest absolute Gasteiger partial charge is 0.241 e. The van der Waals surface area contributed by atoms with Crippen LogP contribution in [0.4, 0.5) is 5.69 Å². The average Bonchev–Trinajstić information content (AvgIpc) is 2.32. The molecule has 20 heavy (non-hydrogen) atoms. The Morgan fingerprint density at radius 3 is 2.55 bits per heavy atom. The van der Waals surface area contributed by atoms with Gasteiger partial charge in [0.25, 0.3) is 0 Å². The summed E-state index contributed by atoms with van der Waals surface area (Å²) in [6.45, 7) is -0.821. The molecule has 1 aromatic carbocycles. The lowest BCUT2D eigenvalue weighted by atomic mass is 10.3. The number of nitrogens with zero attached hydrogens (tertiary/aromatic N) is 1. The number of benzene rings is 1. The van der Waals surface area contributed by atoms with E-state index in [0.29, 0.717) is 5.02 Å². The van der Waals surface area contributed by atoms with Gasteiger partial charge >= 0.3 is 0 Å². The van der Waals surface area contributed by atoms with Crippen molar-refractivity contribution >= 4 is 39.1 Å². The molecule has 0 saturated carbocycles. The van der Waals surface area contributed by atoms with E-state index in [1.54, 1.807) is 12.1 Å². The van der Waals surface area contributed by atoms with Crippen molar-refractivity contribution in [1.29, 1.82) is 0 Å². The predicted molar refractivity (Wildman–Crippen MR) is 75.8 cm³/mol. The third-order valence-corrected chi connectivity index (χ3v) is 3.62. The van der Waals surface area contributed by atoms with Crippen LogP contribution in [-0.2, 0) is 19.6 Å². The van der Waals surface area contributed by atoms with Crippen LogP contribution in [0.2, 0.25) is 5.02 Å². The molecular formula is C11H14ClN3O4S. The number of primary amides is 1. The van der Waals surface area contributed by atoms with Crippen molar-refractivity contribution in [3.8, 4) is 0 Å². The van der Waals surface area contributed by atoms with Gasteiger partial charge in [0.05, 0.1) is 18.5 Å². The molecule has 7 nitrogen and oxygen atoms in total. The van der Waals surface area contributed by atoms with E-state index in [1.165, 1.54) is 12.1 Å². The number of hydrogen-bond acceptors (Lipinski definition) is 4. The lowest BCUT2D eigenvalue weighted by Gasteiger charge is -2.21. The quantitative estimate of drug-likeness (QED) is 0.750. The Balaban J connectivity index is 2.92. The molecule has 0 saturated heterocycles. The van der Waals surface area contributed by atoms with E-state index in [1.807, 2.05) is 0 Å². The van der Waals surface area contributed by atoms with Gasteiger partial charge in [0.2, 0.25) is 21.8 Å². The zero-order chi connectivity index (χ0) is 15.3. The number of rotatable bonds is 6. The normalized spacial score (nSPS) is 10.9. The Bertz CT molecular complexity index is 618. The fourth-order valence-electron chi connectivity index (χ4n) is 1.40. The Morgan fingerprint density at radius 1 is 1.40 bits per heavy atom. The number of nitrogens with two attached hydrogens (primary N) is 1. The van der Waals surface area contributed by atoms with Crippen LogP contribution in [0.25, 0.3) is 0 Å². The fraction of sp³-hybridized carbons (Fsp3) is 0.273. The molecule has 3 N–H and O–H groups in total. The Morgan fingerprint density at radius 2 is 2.05 bits per heavy atom. The molecule has 0 fully saturated rings. The van der Waals surface area contributed by atoms with Crippen molar-refractivity contribution < 1.29 is 18.0 Å². The van der Waals surface area contributed by atoms with Gasteiger partial charge in [-0.25, -0.2) is 8.42 Å². The molecule has 0 aliphatic carbocycles. The maximum atomic E-state index is 11.7. The second-order valence-electron chi connectivity index (χ2n) is 3.99. The van der Waals surface area contributed by atoms with E-state index >= 15 is 0 Å². The molecule has 0 bridgehead atoms. The number of anilines is 1. The van der Waals surface area contributed by atoms with E-state index in [-0.39, 0.29) is 12.2 Å². The fourth-order valence-corrected chi connectivity index (χ4v) is 2.44. The minimum Gasteiger partial charge on any atom is -0.368 e. The zero-order valence-electron chi connectivity index (χ0n) is 10.7. The third-order valence-electron chi connectivity index (χ3n) is 2.24. The van der Waals surface area contributed by atoms with Crippen LogP contribution in [-0.4, -0.2) is 39.6 Å². The largest absolute Gasteiger partial charge is 0.368 e. The molecule has 9 heteroatoms. The van der Waals surface area contributed by atoms with Gasteiger partial charge in [0.1, 0.15) is 6.54 Å². The molecule has 110 valence electrons. The molecule has 0 aliphatic rings. The van der Waals surface area contributed by atoms with E-state index in [4.69, 9.17) is 17.3 Å². The van der Waals surface area contributed by atoms with E-state index < -0.39 is 28.4 Å². The number of amides is 2. The Labute approximate surface area is 121 Å². The first-order valence-electron chi connectivity index (χ1n) is 5.48. The van der Waals surface area contributed by atoms with Crippen LogP contribution in [0.15, 0.2) is 24.3 Å². The highest BCUT2D eigenvalue weighted by Gasteiger charge is 2.21. The highest BCUT2D eigenvalue weighted by Crippen LogP contribution is 2.21. The second-order valence-corrected chi connectivity index (χ2v) is 6.34. The summed E-state index contributed by atoms with van der Waals surface area (Å²) in [5.74, 6) is -1.36. The minimum atomic E-state index is -3.67. The summed E-state index contributed by atoms with van der Waals surface area (Å²) in [7, 11) is -3.67. The number of sulfonamides is 1. The van der Waals surface area contributed by atoms with Gasteiger partial charge in [-0.15, -0.1) is 0 Å². The number of nitrogens with one attached hydrogen (secondary N) is 1. The van der Waals surface area contributed by atoms with Crippen LogP contribution in [0, 0.1) is 0 Å². The van der Waals surface area contributed by atoms with Crippen molar-refractivity contribution in [2.24, 2.45) is 5.73 Å². The van der Waals surface area contributed by atoms with Gasteiger partial charge in [0.15, 0.2) is 0 Å². The highest BCUT2D eigenvalue weighted by atomic mass is 35.5. The van der Waals surface area contributed by atoms with Crippen LogP contribution in [0.5, 0.6) is 0 Å². The molecular weight excluding hydrogens is 306 g/mol. The summed E-state index contributed by atoms with van der Waals surface area (Å²) >= 11 is 5.80. The molecule has 0 aromatic heterocycles. The number of carbonyl (C=O) groups is 2. The molecule has 0 radical (unpaired) electrons. The molecule has 1 aromatic rings. The lowest BCUT2D eigenvalue weighted by Crippen LogP contribution is -2.42. The predicted octanol–water partition coefficient (Wildman–Crippen LogP) is -0.292. The van der Waals surface area contributed by atoms with Crippen molar-refractivity contribution in [3.05, 3.63) is 29.3 Å². The first kappa shape index (κ1) is 16.3. The maximum absolute atomic E-state index is 11.7. The van der Waals surface area contributed by atoms with Crippen LogP contribution in [0.3, 0.4) is 0 Å². The molecule has 0 aliphatic heterocycles. The lowest BCUT2D eigenvalue weighted by molar-refractivity contribution is -0.123. The summed E-state index contributed by atoms with van der Waals surface area (Å²) in [5, 5.41) is 2.56.